The van der Waals surface area contributed by atoms with Gasteiger partial charge in [-0.1, -0.05) is 37.3 Å². The third-order valence-corrected chi connectivity index (χ3v) is 6.41. The first-order valence-electron chi connectivity index (χ1n) is 12.1. The zero-order chi connectivity index (χ0) is 21.0. The molecule has 1 N–H and O–H groups in total. The number of unbranched alkanes of at least 4 members (excludes halogenated alkanes) is 1. The summed E-state index contributed by atoms with van der Waals surface area (Å²) in [7, 11) is 0. The SMILES string of the molecule is CCNC(=NCCCCN1CCC(C)CC1)N1CCC(COCc2ccccc2)C1. The van der Waals surface area contributed by atoms with Gasteiger partial charge >= 0.3 is 0 Å². The van der Waals surface area contributed by atoms with Crippen molar-refractivity contribution in [3.8, 4) is 0 Å². The van der Waals surface area contributed by atoms with Crippen molar-refractivity contribution in [1.82, 2.24) is 15.1 Å². The molecule has 1 atom stereocenters. The molecule has 0 aliphatic carbocycles. The van der Waals surface area contributed by atoms with Crippen LogP contribution in [-0.2, 0) is 11.3 Å². The van der Waals surface area contributed by atoms with Gasteiger partial charge in [0.05, 0.1) is 13.2 Å². The fourth-order valence-corrected chi connectivity index (χ4v) is 4.42. The Hall–Kier alpha value is -1.59. The predicted molar refractivity (Wildman–Crippen MR) is 126 cm³/mol. The van der Waals surface area contributed by atoms with E-state index in [1.54, 1.807) is 0 Å². The topological polar surface area (TPSA) is 40.1 Å². The summed E-state index contributed by atoms with van der Waals surface area (Å²) in [6.45, 7) is 13.9. The normalized spacial score (nSPS) is 21.3. The van der Waals surface area contributed by atoms with E-state index in [1.807, 2.05) is 6.07 Å². The van der Waals surface area contributed by atoms with Gasteiger partial charge < -0.3 is 19.9 Å². The Morgan fingerprint density at radius 3 is 2.67 bits per heavy atom. The smallest absolute Gasteiger partial charge is 0.193 e. The molecular formula is C25H42N4O. The van der Waals surface area contributed by atoms with Gasteiger partial charge in [0.15, 0.2) is 5.96 Å². The van der Waals surface area contributed by atoms with Crippen LogP contribution in [0.1, 0.15) is 51.5 Å². The number of piperidine rings is 1. The molecule has 2 aliphatic heterocycles. The van der Waals surface area contributed by atoms with Crippen LogP contribution in [-0.4, -0.2) is 68.2 Å². The number of ether oxygens (including phenoxy) is 1. The van der Waals surface area contributed by atoms with E-state index < -0.39 is 0 Å². The Morgan fingerprint density at radius 1 is 1.10 bits per heavy atom. The first-order valence-corrected chi connectivity index (χ1v) is 12.1. The maximum atomic E-state index is 5.98. The van der Waals surface area contributed by atoms with Crippen LogP contribution in [0.25, 0.3) is 0 Å². The summed E-state index contributed by atoms with van der Waals surface area (Å²) in [6, 6.07) is 10.4. The zero-order valence-corrected chi connectivity index (χ0v) is 19.2. The number of hydrogen-bond donors (Lipinski definition) is 1. The van der Waals surface area contributed by atoms with Crippen LogP contribution in [0.3, 0.4) is 0 Å². The molecule has 2 saturated heterocycles. The zero-order valence-electron chi connectivity index (χ0n) is 19.2. The van der Waals surface area contributed by atoms with Crippen LogP contribution in [0, 0.1) is 11.8 Å². The molecular weight excluding hydrogens is 372 g/mol. The van der Waals surface area contributed by atoms with Gasteiger partial charge in [0.2, 0.25) is 0 Å². The number of benzene rings is 1. The van der Waals surface area contributed by atoms with Crippen molar-refractivity contribution in [2.24, 2.45) is 16.8 Å². The number of rotatable bonds is 10. The van der Waals surface area contributed by atoms with E-state index in [2.05, 4.69) is 53.2 Å². The molecule has 0 aromatic heterocycles. The average molecular weight is 415 g/mol. The lowest BCUT2D eigenvalue weighted by Gasteiger charge is -2.30. The molecule has 0 amide bonds. The lowest BCUT2D eigenvalue weighted by atomic mass is 9.99. The molecule has 2 heterocycles. The van der Waals surface area contributed by atoms with Gasteiger partial charge in [0.25, 0.3) is 0 Å². The summed E-state index contributed by atoms with van der Waals surface area (Å²) in [5.74, 6) is 2.61. The molecule has 0 saturated carbocycles. The molecule has 2 fully saturated rings. The highest BCUT2D eigenvalue weighted by Gasteiger charge is 2.25. The number of nitrogens with one attached hydrogen (secondary N) is 1. The molecule has 5 nitrogen and oxygen atoms in total. The second-order valence-corrected chi connectivity index (χ2v) is 9.07. The predicted octanol–water partition coefficient (Wildman–Crippen LogP) is 4.00. The van der Waals surface area contributed by atoms with Crippen molar-refractivity contribution >= 4 is 5.96 Å². The summed E-state index contributed by atoms with van der Waals surface area (Å²) >= 11 is 0. The van der Waals surface area contributed by atoms with E-state index in [0.29, 0.717) is 12.5 Å². The molecule has 1 unspecified atom stereocenters. The monoisotopic (exact) mass is 414 g/mol. The average Bonchev–Trinajstić information content (AvgIpc) is 3.23. The minimum absolute atomic E-state index is 0.596. The standard InChI is InChI=1S/C25H42N4O/c1-3-26-25(27-14-7-8-15-28-16-11-22(2)12-17-28)29-18-13-24(19-29)21-30-20-23-9-5-4-6-10-23/h4-6,9-10,22,24H,3,7-8,11-21H2,1-2H3,(H,26,27). The Labute approximate surface area is 183 Å². The van der Waals surface area contributed by atoms with Crippen molar-refractivity contribution < 1.29 is 4.74 Å². The molecule has 1 aromatic rings. The second kappa shape index (κ2) is 13.0. The van der Waals surface area contributed by atoms with E-state index in [0.717, 1.165) is 44.7 Å². The molecule has 0 spiro atoms. The number of hydrogen-bond acceptors (Lipinski definition) is 3. The van der Waals surface area contributed by atoms with Crippen molar-refractivity contribution in [3.05, 3.63) is 35.9 Å². The lowest BCUT2D eigenvalue weighted by molar-refractivity contribution is 0.0906. The molecule has 0 bridgehead atoms. The number of aliphatic imine (C=N–C) groups is 1. The molecule has 168 valence electrons. The van der Waals surface area contributed by atoms with Crippen LogP contribution in [0.4, 0.5) is 0 Å². The molecule has 2 aliphatic rings. The van der Waals surface area contributed by atoms with Gasteiger partial charge in [-0.3, -0.25) is 4.99 Å². The third-order valence-electron chi connectivity index (χ3n) is 6.41. The molecule has 5 heteroatoms. The largest absolute Gasteiger partial charge is 0.376 e. The van der Waals surface area contributed by atoms with Crippen molar-refractivity contribution in [1.29, 1.82) is 0 Å². The third kappa shape index (κ3) is 7.92. The molecule has 3 rings (SSSR count). The number of likely N-dealkylation sites (tertiary alicyclic amines) is 2. The summed E-state index contributed by atoms with van der Waals surface area (Å²) in [5.41, 5.74) is 1.25. The quantitative estimate of drug-likeness (QED) is 0.357. The Kier molecular flexibility index (Phi) is 9.97. The summed E-state index contributed by atoms with van der Waals surface area (Å²) in [4.78, 5) is 9.98. The Morgan fingerprint density at radius 2 is 1.90 bits per heavy atom. The van der Waals surface area contributed by atoms with E-state index in [9.17, 15) is 0 Å². The maximum absolute atomic E-state index is 5.98. The van der Waals surface area contributed by atoms with Gasteiger partial charge in [0.1, 0.15) is 0 Å². The second-order valence-electron chi connectivity index (χ2n) is 9.07. The summed E-state index contributed by atoms with van der Waals surface area (Å²) < 4.78 is 5.98. The maximum Gasteiger partial charge on any atom is 0.193 e. The first-order chi connectivity index (χ1) is 14.7. The van der Waals surface area contributed by atoms with Crippen molar-refractivity contribution in [2.45, 2.75) is 52.6 Å². The highest BCUT2D eigenvalue weighted by atomic mass is 16.5. The Bertz CT molecular complexity index is 613. The van der Waals surface area contributed by atoms with Crippen LogP contribution in [0.15, 0.2) is 35.3 Å². The van der Waals surface area contributed by atoms with Crippen molar-refractivity contribution in [2.75, 3.05) is 52.4 Å². The van der Waals surface area contributed by atoms with Gasteiger partial charge in [0, 0.05) is 32.1 Å². The molecule has 30 heavy (non-hydrogen) atoms. The summed E-state index contributed by atoms with van der Waals surface area (Å²) in [6.07, 6.45) is 6.36. The number of nitrogens with zero attached hydrogens (tertiary/aromatic N) is 3. The molecule has 1 aromatic carbocycles. The minimum atomic E-state index is 0.596. The summed E-state index contributed by atoms with van der Waals surface area (Å²) in [5, 5.41) is 3.50. The number of guanidine groups is 1. The lowest BCUT2D eigenvalue weighted by Crippen LogP contribution is -2.40. The van der Waals surface area contributed by atoms with Crippen molar-refractivity contribution in [3.63, 3.8) is 0 Å². The fourth-order valence-electron chi connectivity index (χ4n) is 4.42. The van der Waals surface area contributed by atoms with Gasteiger partial charge in [-0.05, 0) is 70.1 Å². The Balaban J connectivity index is 1.33. The highest BCUT2D eigenvalue weighted by Crippen LogP contribution is 2.18. The van der Waals surface area contributed by atoms with Crippen LogP contribution in [0.2, 0.25) is 0 Å². The van der Waals surface area contributed by atoms with E-state index in [-0.39, 0.29) is 0 Å². The molecule has 0 radical (unpaired) electrons. The van der Waals surface area contributed by atoms with Gasteiger partial charge in [-0.25, -0.2) is 0 Å². The highest BCUT2D eigenvalue weighted by molar-refractivity contribution is 5.80. The van der Waals surface area contributed by atoms with E-state index >= 15 is 0 Å². The van der Waals surface area contributed by atoms with Crippen LogP contribution >= 0.6 is 0 Å². The first kappa shape index (κ1) is 23.1. The van der Waals surface area contributed by atoms with Crippen LogP contribution < -0.4 is 5.32 Å². The van der Waals surface area contributed by atoms with Crippen LogP contribution in [0.5, 0.6) is 0 Å². The fraction of sp³-hybridized carbons (Fsp3) is 0.720. The van der Waals surface area contributed by atoms with Gasteiger partial charge in [-0.15, -0.1) is 0 Å². The van der Waals surface area contributed by atoms with Gasteiger partial charge in [-0.2, -0.15) is 0 Å². The van der Waals surface area contributed by atoms with E-state index in [4.69, 9.17) is 9.73 Å². The van der Waals surface area contributed by atoms with E-state index in [1.165, 1.54) is 57.3 Å². The minimum Gasteiger partial charge on any atom is -0.376 e.